The van der Waals surface area contributed by atoms with Crippen LogP contribution in [0, 0.1) is 13.8 Å². The Hall–Kier alpha value is -7.46. The molecule has 8 aromatic rings. The molecule has 1 radical (unpaired) electrons. The predicted octanol–water partition coefficient (Wildman–Crippen LogP) is 16.0. The molecular formula is C71H72O13V. The second kappa shape index (κ2) is 26.9. The van der Waals surface area contributed by atoms with E-state index in [0.29, 0.717) is 68.2 Å². The van der Waals surface area contributed by atoms with Gasteiger partial charge in [-0.05, 0) is 150 Å². The van der Waals surface area contributed by atoms with E-state index < -0.39 is 0 Å². The van der Waals surface area contributed by atoms with Gasteiger partial charge in [-0.2, -0.15) is 9.78 Å². The molecule has 0 N–H and O–H groups in total. The first-order valence-electron chi connectivity index (χ1n) is 29.3. The van der Waals surface area contributed by atoms with E-state index in [0.717, 1.165) is 98.8 Å². The van der Waals surface area contributed by atoms with Crippen LogP contribution in [0.1, 0.15) is 108 Å². The zero-order chi connectivity index (χ0) is 57.7. The van der Waals surface area contributed by atoms with E-state index in [1.54, 1.807) is 0 Å². The van der Waals surface area contributed by atoms with Gasteiger partial charge < -0.3 is 52.1 Å². The molecule has 14 heteroatoms. The van der Waals surface area contributed by atoms with Gasteiger partial charge in [0.25, 0.3) is 6.29 Å². The number of aryl methyl sites for hydroxylation is 3. The van der Waals surface area contributed by atoms with Gasteiger partial charge in [-0.15, -0.1) is 0 Å². The first kappa shape index (κ1) is 59.3. The van der Waals surface area contributed by atoms with Gasteiger partial charge in [0.1, 0.15) is 114 Å². The van der Waals surface area contributed by atoms with Gasteiger partial charge >= 0.3 is 0 Å². The molecule has 4 aliphatic heterocycles. The van der Waals surface area contributed by atoms with E-state index >= 15 is 0 Å². The van der Waals surface area contributed by atoms with Gasteiger partial charge in [-0.3, -0.25) is 0 Å². The van der Waals surface area contributed by atoms with Crippen LogP contribution in [0.2, 0.25) is 0 Å². The van der Waals surface area contributed by atoms with Crippen LogP contribution < -0.4 is 37.9 Å². The van der Waals surface area contributed by atoms with Crippen LogP contribution in [-0.2, 0) is 55.4 Å². The van der Waals surface area contributed by atoms with Crippen LogP contribution in [0.4, 0.5) is 0 Å². The predicted molar refractivity (Wildman–Crippen MR) is 320 cm³/mol. The van der Waals surface area contributed by atoms with Gasteiger partial charge in [0.2, 0.25) is 0 Å². The average molecular weight is 1180 g/mol. The number of hydrogen-bond acceptors (Lipinski definition) is 13. The normalized spacial score (nSPS) is 17.2. The smallest absolute Gasteiger partial charge is 0.258 e. The van der Waals surface area contributed by atoms with E-state index in [4.69, 9.17) is 61.9 Å². The Morgan fingerprint density at radius 1 is 0.435 bits per heavy atom. The molecule has 5 unspecified atom stereocenters. The Balaban J connectivity index is 0.00000752. The Labute approximate surface area is 510 Å². The van der Waals surface area contributed by atoms with E-state index in [1.807, 2.05) is 97.1 Å². The standard InChI is InChI=1S/C71H72O13.V/c1-8-48-31-64(46(6)50-19-25-66(44(4)28-50)79-58-15-9-12-55(33-58)73-37-62-40-76-62)71(82-54-23-21-53(22-24-54)72-36-61-39-75-61)70(47(7)51-20-26-67(45(5)29-51)80-59-16-11-14-57(35-59)78-42-69-83-84-69)65(48)32-52-30-49(43(2)3)18-27-68(52)81-60-17-10-13-56(34-60)74-38-63-41-77-63;/h9-31,33-35,43,46-47,61-63,69H,8,32,36-42H2,1-7H3;. The molecule has 0 aromatic heterocycles. The molecule has 13 nitrogen and oxygen atoms in total. The summed E-state index contributed by atoms with van der Waals surface area (Å²) in [5.74, 6) is 8.58. The van der Waals surface area contributed by atoms with Gasteiger partial charge in [0.15, 0.2) is 0 Å². The van der Waals surface area contributed by atoms with Crippen molar-refractivity contribution >= 4 is 0 Å². The van der Waals surface area contributed by atoms with Crippen LogP contribution in [0.25, 0.3) is 0 Å². The number of hydrogen-bond donors (Lipinski definition) is 0. The Morgan fingerprint density at radius 2 is 0.882 bits per heavy atom. The SMILES string of the molecule is CCc1cc(C(C)c2ccc(Oc3cccc(OCC4CO4)c3)c(C)c2)c(Oc2ccc(OCC3CO3)cc2)c(C(C)c2ccc(Oc3cccc(OCC4OO4)c3)c(C)c2)c1Cc1cc(C(C)C)ccc1Oc1cccc(OCC2CO2)c1.[V]. The third-order valence-corrected chi connectivity index (χ3v) is 15.6. The zero-order valence-corrected chi connectivity index (χ0v) is 50.6. The van der Waals surface area contributed by atoms with Gasteiger partial charge in [-0.1, -0.05) is 95.3 Å². The number of benzene rings is 8. The molecule has 0 amide bonds. The third kappa shape index (κ3) is 15.5. The molecule has 0 saturated carbocycles. The minimum absolute atomic E-state index is 0. The number of epoxide rings is 3. The van der Waals surface area contributed by atoms with E-state index in [9.17, 15) is 0 Å². The van der Waals surface area contributed by atoms with Crippen LogP contribution in [0.5, 0.6) is 69.0 Å². The third-order valence-electron chi connectivity index (χ3n) is 15.6. The number of rotatable bonds is 28. The van der Waals surface area contributed by atoms with E-state index in [1.165, 1.54) is 16.7 Å². The molecule has 85 heavy (non-hydrogen) atoms. The molecule has 5 atom stereocenters. The number of ether oxygens (including phenoxy) is 11. The van der Waals surface area contributed by atoms with Crippen molar-refractivity contribution in [2.24, 2.45) is 0 Å². The summed E-state index contributed by atoms with van der Waals surface area (Å²) in [5, 5.41) is 0. The quantitative estimate of drug-likeness (QED) is 0.0340. The van der Waals surface area contributed by atoms with Gasteiger partial charge in [0, 0.05) is 66.1 Å². The molecule has 439 valence electrons. The van der Waals surface area contributed by atoms with Gasteiger partial charge in [-0.25, -0.2) is 0 Å². The molecule has 0 aliphatic carbocycles. The maximum absolute atomic E-state index is 7.48. The summed E-state index contributed by atoms with van der Waals surface area (Å²) in [4.78, 5) is 9.76. The first-order valence-corrected chi connectivity index (χ1v) is 29.3. The fraction of sp³-hybridized carbons (Fsp3) is 0.324. The van der Waals surface area contributed by atoms with E-state index in [-0.39, 0.29) is 60.9 Å². The molecule has 12 rings (SSSR count). The minimum Gasteiger partial charge on any atom is -0.491 e. The van der Waals surface area contributed by atoms with Gasteiger partial charge in [0.05, 0.1) is 19.8 Å². The van der Waals surface area contributed by atoms with Crippen molar-refractivity contribution in [3.63, 3.8) is 0 Å². The molecule has 8 aromatic carbocycles. The Morgan fingerprint density at radius 3 is 1.36 bits per heavy atom. The summed E-state index contributed by atoms with van der Waals surface area (Å²) in [5.41, 5.74) is 11.0. The molecule has 0 spiro atoms. The molecule has 4 saturated heterocycles. The molecule has 4 heterocycles. The Bertz CT molecular complexity index is 3590. The summed E-state index contributed by atoms with van der Waals surface area (Å²) in [6, 6.07) is 53.0. The topological polar surface area (TPSA) is 136 Å². The van der Waals surface area contributed by atoms with Crippen molar-refractivity contribution < 1.29 is 80.4 Å². The first-order chi connectivity index (χ1) is 40.9. The van der Waals surface area contributed by atoms with Crippen LogP contribution in [-0.4, -0.2) is 70.9 Å². The van der Waals surface area contributed by atoms with Crippen molar-refractivity contribution in [3.05, 3.63) is 213 Å². The fourth-order valence-electron chi connectivity index (χ4n) is 10.4. The minimum atomic E-state index is -0.348. The monoisotopic (exact) mass is 1180 g/mol. The maximum atomic E-state index is 7.48. The largest absolute Gasteiger partial charge is 0.491 e. The zero-order valence-electron chi connectivity index (χ0n) is 49.2. The maximum Gasteiger partial charge on any atom is 0.258 e. The molecule has 4 fully saturated rings. The van der Waals surface area contributed by atoms with E-state index in [2.05, 4.69) is 109 Å². The Kier molecular flexibility index (Phi) is 18.7. The fourth-order valence-corrected chi connectivity index (χ4v) is 10.4. The molecule has 4 aliphatic rings. The van der Waals surface area contributed by atoms with Crippen LogP contribution >= 0.6 is 0 Å². The molecule has 0 bridgehead atoms. The summed E-state index contributed by atoms with van der Waals surface area (Å²) in [6.45, 7) is 19.4. The summed E-state index contributed by atoms with van der Waals surface area (Å²) in [7, 11) is 0. The van der Waals surface area contributed by atoms with Crippen LogP contribution in [0.15, 0.2) is 158 Å². The van der Waals surface area contributed by atoms with Crippen LogP contribution in [0.3, 0.4) is 0 Å². The van der Waals surface area contributed by atoms with Crippen molar-refractivity contribution in [1.82, 2.24) is 0 Å². The van der Waals surface area contributed by atoms with Crippen molar-refractivity contribution in [1.29, 1.82) is 0 Å². The van der Waals surface area contributed by atoms with Crippen molar-refractivity contribution in [3.8, 4) is 69.0 Å². The average Bonchev–Trinajstić information content (AvgIpc) is 3.13. The van der Waals surface area contributed by atoms with Crippen molar-refractivity contribution in [2.75, 3.05) is 46.2 Å². The summed E-state index contributed by atoms with van der Waals surface area (Å²) < 4.78 is 67.9. The second-order valence-corrected chi connectivity index (χ2v) is 22.4. The molecular weight excluding hydrogens is 1110 g/mol. The summed E-state index contributed by atoms with van der Waals surface area (Å²) in [6.07, 6.45) is 1.38. The summed E-state index contributed by atoms with van der Waals surface area (Å²) >= 11 is 0. The van der Waals surface area contributed by atoms with Crippen molar-refractivity contribution in [2.45, 2.75) is 104 Å². The second-order valence-electron chi connectivity index (χ2n) is 22.4.